The molecule has 228 valence electrons. The number of carbonyl (C=O) groups excluding carboxylic acids is 1. The number of carboxylic acids is 1. The topological polar surface area (TPSA) is 138 Å². The molecule has 12 heteroatoms. The van der Waals surface area contributed by atoms with Gasteiger partial charge in [0.1, 0.15) is 6.61 Å². The molecule has 0 spiro atoms. The molecule has 0 radical (unpaired) electrons. The lowest BCUT2D eigenvalue weighted by molar-refractivity contribution is 0.0280. The molecule has 3 heterocycles. The number of benzene rings is 2. The standard InChI is InChI=1S/C31H38N6O6/c1-18-14-21(19(2)32-25-7-5-4-6-20(25)29(39)40)26-22(15-18)28(38)35(3)30(33-26)37-16-23-24(17-37)27(23)34-31(41)43-13-10-36-8-11-42-12-9-36/h4-7,14-15,19,23-24,27,32H,8-13,16-17H2,1-3H3,(H,34,41)(H,39,40)/t19?,23-,24+,27-. The van der Waals surface area contributed by atoms with Crippen molar-refractivity contribution in [3.8, 4) is 0 Å². The second kappa shape index (κ2) is 11.8. The summed E-state index contributed by atoms with van der Waals surface area (Å²) in [6.45, 7) is 9.41. The highest BCUT2D eigenvalue weighted by molar-refractivity contribution is 5.94. The molecule has 2 saturated heterocycles. The van der Waals surface area contributed by atoms with Crippen LogP contribution in [0.1, 0.15) is 34.5 Å². The lowest BCUT2D eigenvalue weighted by Crippen LogP contribution is -2.40. The third-order valence-electron chi connectivity index (χ3n) is 8.83. The zero-order chi connectivity index (χ0) is 30.2. The maximum Gasteiger partial charge on any atom is 0.407 e. The van der Waals surface area contributed by atoms with Crippen LogP contribution in [-0.4, -0.2) is 90.2 Å². The number of rotatable bonds is 9. The number of nitrogens with one attached hydrogen (secondary N) is 2. The molecule has 1 unspecified atom stereocenters. The Morgan fingerprint density at radius 3 is 2.60 bits per heavy atom. The highest BCUT2D eigenvalue weighted by atomic mass is 16.5. The summed E-state index contributed by atoms with van der Waals surface area (Å²) in [5.74, 6) is 0.107. The lowest BCUT2D eigenvalue weighted by Gasteiger charge is -2.26. The Balaban J connectivity index is 1.15. The predicted octanol–water partition coefficient (Wildman–Crippen LogP) is 2.61. The van der Waals surface area contributed by atoms with Crippen LogP contribution in [0.3, 0.4) is 0 Å². The molecule has 6 rings (SSSR count). The van der Waals surface area contributed by atoms with Crippen molar-refractivity contribution < 1.29 is 24.2 Å². The maximum absolute atomic E-state index is 13.6. The number of aromatic nitrogens is 2. The van der Waals surface area contributed by atoms with Crippen molar-refractivity contribution in [2.24, 2.45) is 18.9 Å². The number of amides is 1. The maximum atomic E-state index is 13.6. The highest BCUT2D eigenvalue weighted by Gasteiger charge is 2.57. The number of alkyl carbamates (subject to hydrolysis) is 1. The first kappa shape index (κ1) is 28.9. The van der Waals surface area contributed by atoms with Gasteiger partial charge >= 0.3 is 12.1 Å². The summed E-state index contributed by atoms with van der Waals surface area (Å²) in [5, 5.41) is 16.5. The van der Waals surface area contributed by atoms with E-state index in [0.29, 0.717) is 62.0 Å². The molecule has 2 aliphatic heterocycles. The highest BCUT2D eigenvalue weighted by Crippen LogP contribution is 2.46. The van der Waals surface area contributed by atoms with Gasteiger partial charge in [-0.15, -0.1) is 0 Å². The summed E-state index contributed by atoms with van der Waals surface area (Å²) in [6, 6.07) is 10.4. The number of carboxylic acid groups (broad SMARTS) is 1. The molecule has 1 aromatic heterocycles. The number of nitrogens with zero attached hydrogens (tertiary/aromatic N) is 4. The Morgan fingerprint density at radius 1 is 1.16 bits per heavy atom. The average Bonchev–Trinajstić information content (AvgIpc) is 3.40. The fourth-order valence-electron chi connectivity index (χ4n) is 6.43. The van der Waals surface area contributed by atoms with Gasteiger partial charge in [-0.2, -0.15) is 0 Å². The molecule has 2 aromatic carbocycles. The van der Waals surface area contributed by atoms with E-state index in [-0.39, 0.29) is 41.1 Å². The van der Waals surface area contributed by atoms with Gasteiger partial charge < -0.3 is 30.1 Å². The van der Waals surface area contributed by atoms with Crippen LogP contribution in [0.25, 0.3) is 10.9 Å². The van der Waals surface area contributed by atoms with Crippen LogP contribution in [0, 0.1) is 18.8 Å². The first-order valence-corrected chi connectivity index (χ1v) is 14.8. The SMILES string of the molecule is Cc1cc(C(C)Nc2ccccc2C(=O)O)c2nc(N3C[C@@H]4[C@H](C3)[C@@H]4NC(=O)OCCN3CCOCC3)n(C)c(=O)c2c1. The quantitative estimate of drug-likeness (QED) is 0.341. The molecule has 1 amide bonds. The van der Waals surface area contributed by atoms with Gasteiger partial charge in [0.2, 0.25) is 5.95 Å². The number of hydrogen-bond acceptors (Lipinski definition) is 9. The third kappa shape index (κ3) is 5.89. The van der Waals surface area contributed by atoms with Gasteiger partial charge in [0.05, 0.1) is 35.7 Å². The number of aryl methyl sites for hydroxylation is 1. The zero-order valence-electron chi connectivity index (χ0n) is 24.7. The van der Waals surface area contributed by atoms with Gasteiger partial charge in [-0.05, 0) is 37.6 Å². The van der Waals surface area contributed by atoms with Crippen LogP contribution in [-0.2, 0) is 16.5 Å². The first-order chi connectivity index (χ1) is 20.7. The van der Waals surface area contributed by atoms with Gasteiger partial charge in [-0.1, -0.05) is 18.2 Å². The third-order valence-corrected chi connectivity index (χ3v) is 8.83. The molecule has 1 saturated carbocycles. The molecule has 3 N–H and O–H groups in total. The molecule has 43 heavy (non-hydrogen) atoms. The van der Waals surface area contributed by atoms with E-state index in [4.69, 9.17) is 14.5 Å². The summed E-state index contributed by atoms with van der Waals surface area (Å²) < 4.78 is 12.4. The summed E-state index contributed by atoms with van der Waals surface area (Å²) >= 11 is 0. The van der Waals surface area contributed by atoms with E-state index in [1.54, 1.807) is 35.9 Å². The molecule has 1 aliphatic carbocycles. The van der Waals surface area contributed by atoms with E-state index >= 15 is 0 Å². The zero-order valence-corrected chi connectivity index (χ0v) is 24.7. The minimum Gasteiger partial charge on any atom is -0.478 e. The predicted molar refractivity (Wildman–Crippen MR) is 162 cm³/mol. The second-order valence-corrected chi connectivity index (χ2v) is 11.7. The minimum atomic E-state index is -1.01. The number of morpholine rings is 1. The van der Waals surface area contributed by atoms with Crippen LogP contribution in [0.2, 0.25) is 0 Å². The smallest absolute Gasteiger partial charge is 0.407 e. The van der Waals surface area contributed by atoms with Crippen LogP contribution in [0.15, 0.2) is 41.2 Å². The summed E-state index contributed by atoms with van der Waals surface area (Å²) in [4.78, 5) is 47.1. The van der Waals surface area contributed by atoms with Gasteiger partial charge in [0, 0.05) is 68.9 Å². The fourth-order valence-corrected chi connectivity index (χ4v) is 6.43. The summed E-state index contributed by atoms with van der Waals surface area (Å²) in [6.07, 6.45) is -0.388. The number of anilines is 2. The number of piperidine rings is 1. The number of aromatic carboxylic acids is 1. The summed E-state index contributed by atoms with van der Waals surface area (Å²) in [7, 11) is 1.74. The van der Waals surface area contributed by atoms with Crippen LogP contribution < -0.4 is 21.1 Å². The Morgan fingerprint density at radius 2 is 1.88 bits per heavy atom. The van der Waals surface area contributed by atoms with Crippen molar-refractivity contribution in [3.63, 3.8) is 0 Å². The Labute approximate surface area is 249 Å². The molecule has 3 aromatic rings. The first-order valence-electron chi connectivity index (χ1n) is 14.8. The number of hydrogen-bond donors (Lipinski definition) is 3. The van der Waals surface area contributed by atoms with Crippen LogP contribution in [0.4, 0.5) is 16.4 Å². The van der Waals surface area contributed by atoms with Crippen LogP contribution >= 0.6 is 0 Å². The molecule has 0 bridgehead atoms. The largest absolute Gasteiger partial charge is 0.478 e. The van der Waals surface area contributed by atoms with Crippen molar-refractivity contribution in [1.82, 2.24) is 19.8 Å². The molecular formula is C31H38N6O6. The van der Waals surface area contributed by atoms with Gasteiger partial charge in [-0.25, -0.2) is 14.6 Å². The van der Waals surface area contributed by atoms with Gasteiger partial charge in [0.15, 0.2) is 0 Å². The Bertz CT molecular complexity index is 1590. The molecular weight excluding hydrogens is 552 g/mol. The van der Waals surface area contributed by atoms with E-state index < -0.39 is 5.97 Å². The van der Waals surface area contributed by atoms with E-state index in [2.05, 4.69) is 20.4 Å². The van der Waals surface area contributed by atoms with Crippen molar-refractivity contribution >= 4 is 34.6 Å². The van der Waals surface area contributed by atoms with Crippen molar-refractivity contribution in [1.29, 1.82) is 0 Å². The average molecular weight is 591 g/mol. The number of fused-ring (bicyclic) bond motifs is 2. The molecule has 3 aliphatic rings. The fraction of sp³-hybridized carbons (Fsp3) is 0.484. The van der Waals surface area contributed by atoms with Crippen molar-refractivity contribution in [2.45, 2.75) is 25.9 Å². The van der Waals surface area contributed by atoms with E-state index in [9.17, 15) is 19.5 Å². The monoisotopic (exact) mass is 590 g/mol. The molecule has 4 atom stereocenters. The molecule has 12 nitrogen and oxygen atoms in total. The second-order valence-electron chi connectivity index (χ2n) is 11.7. The number of ether oxygens (including phenoxy) is 2. The molecule has 3 fully saturated rings. The number of carbonyl (C=O) groups is 2. The van der Waals surface area contributed by atoms with Gasteiger partial charge in [0.25, 0.3) is 5.56 Å². The minimum absolute atomic E-state index is 0.0568. The lowest BCUT2D eigenvalue weighted by atomic mass is 10.0. The summed E-state index contributed by atoms with van der Waals surface area (Å²) in [5.41, 5.74) is 2.87. The number of para-hydroxylation sites is 1. The van der Waals surface area contributed by atoms with E-state index in [1.165, 1.54) is 0 Å². The Hall–Kier alpha value is -4.16. The van der Waals surface area contributed by atoms with E-state index in [1.807, 2.05) is 26.0 Å². The van der Waals surface area contributed by atoms with Crippen LogP contribution in [0.5, 0.6) is 0 Å². The van der Waals surface area contributed by atoms with Gasteiger partial charge in [-0.3, -0.25) is 14.3 Å². The van der Waals surface area contributed by atoms with Crippen molar-refractivity contribution in [3.05, 3.63) is 63.4 Å². The normalized spacial score (nSPS) is 22.2. The van der Waals surface area contributed by atoms with E-state index in [0.717, 1.165) is 24.2 Å². The Kier molecular flexibility index (Phi) is 7.97. The van der Waals surface area contributed by atoms with Crippen molar-refractivity contribution in [2.75, 3.05) is 62.8 Å².